The van der Waals surface area contributed by atoms with Gasteiger partial charge in [-0.25, -0.2) is 0 Å². The molecule has 0 aromatic heterocycles. The van der Waals surface area contributed by atoms with E-state index in [2.05, 4.69) is 10.2 Å². The quantitative estimate of drug-likeness (QED) is 0.719. The monoisotopic (exact) mass is 429 g/mol. The molecule has 0 saturated carbocycles. The zero-order valence-corrected chi connectivity index (χ0v) is 18.2. The van der Waals surface area contributed by atoms with E-state index in [1.54, 1.807) is 6.07 Å². The molecular formula is C23H28ClN3O3. The number of ether oxygens (including phenoxy) is 1. The topological polar surface area (TPSA) is 61.9 Å². The molecule has 1 N–H and O–H groups in total. The van der Waals surface area contributed by atoms with Crippen molar-refractivity contribution in [3.05, 3.63) is 53.1 Å². The highest BCUT2D eigenvalue weighted by atomic mass is 35.5. The predicted molar refractivity (Wildman–Crippen MR) is 120 cm³/mol. The van der Waals surface area contributed by atoms with Gasteiger partial charge < -0.3 is 19.9 Å². The molecule has 2 aromatic carbocycles. The molecule has 7 heteroatoms. The van der Waals surface area contributed by atoms with Crippen molar-refractivity contribution < 1.29 is 14.3 Å². The van der Waals surface area contributed by atoms with Gasteiger partial charge in [-0.15, -0.1) is 0 Å². The zero-order valence-electron chi connectivity index (χ0n) is 17.5. The first-order chi connectivity index (χ1) is 14.5. The summed E-state index contributed by atoms with van der Waals surface area (Å²) in [7, 11) is 0. The van der Waals surface area contributed by atoms with Gasteiger partial charge in [-0.2, -0.15) is 0 Å². The van der Waals surface area contributed by atoms with E-state index in [0.29, 0.717) is 49.1 Å². The first-order valence-electron chi connectivity index (χ1n) is 10.3. The molecule has 0 unspecified atom stereocenters. The summed E-state index contributed by atoms with van der Waals surface area (Å²) in [5.74, 6) is 0.639. The SMILES string of the molecule is CCCC(=O)N1CCN(c2ccc(Cl)cc2NC(=O)COc2ccccc2C)CC1. The lowest BCUT2D eigenvalue weighted by atomic mass is 10.2. The Balaban J connectivity index is 1.63. The number of anilines is 2. The van der Waals surface area contributed by atoms with Crippen LogP contribution < -0.4 is 15.0 Å². The van der Waals surface area contributed by atoms with Crippen molar-refractivity contribution in [1.29, 1.82) is 0 Å². The molecule has 2 aromatic rings. The molecule has 0 bridgehead atoms. The molecule has 1 heterocycles. The lowest BCUT2D eigenvalue weighted by molar-refractivity contribution is -0.131. The maximum atomic E-state index is 12.5. The second kappa shape index (κ2) is 10.3. The van der Waals surface area contributed by atoms with Crippen molar-refractivity contribution in [2.24, 2.45) is 0 Å². The van der Waals surface area contributed by atoms with Gasteiger partial charge in [0.05, 0.1) is 11.4 Å². The zero-order chi connectivity index (χ0) is 21.5. The van der Waals surface area contributed by atoms with Crippen molar-refractivity contribution in [3.8, 4) is 5.75 Å². The van der Waals surface area contributed by atoms with E-state index in [1.165, 1.54) is 0 Å². The highest BCUT2D eigenvalue weighted by molar-refractivity contribution is 6.31. The summed E-state index contributed by atoms with van der Waals surface area (Å²) >= 11 is 6.18. The Morgan fingerprint density at radius 3 is 2.53 bits per heavy atom. The fourth-order valence-corrected chi connectivity index (χ4v) is 3.67. The van der Waals surface area contributed by atoms with Crippen molar-refractivity contribution in [3.63, 3.8) is 0 Å². The molecule has 1 saturated heterocycles. The normalized spacial score (nSPS) is 13.8. The molecule has 30 heavy (non-hydrogen) atoms. The van der Waals surface area contributed by atoms with Crippen LogP contribution in [0.5, 0.6) is 5.75 Å². The maximum Gasteiger partial charge on any atom is 0.262 e. The lowest BCUT2D eigenvalue weighted by Crippen LogP contribution is -2.49. The van der Waals surface area contributed by atoms with Gasteiger partial charge in [0, 0.05) is 37.6 Å². The average Bonchev–Trinajstić information content (AvgIpc) is 2.74. The van der Waals surface area contributed by atoms with Gasteiger partial charge in [0.15, 0.2) is 6.61 Å². The number of benzene rings is 2. The molecule has 0 aliphatic carbocycles. The third kappa shape index (κ3) is 5.66. The number of carbonyl (C=O) groups is 2. The van der Waals surface area contributed by atoms with Crippen LogP contribution >= 0.6 is 11.6 Å². The molecule has 0 radical (unpaired) electrons. The van der Waals surface area contributed by atoms with E-state index in [-0.39, 0.29) is 18.4 Å². The molecule has 6 nitrogen and oxygen atoms in total. The smallest absolute Gasteiger partial charge is 0.262 e. The molecule has 160 valence electrons. The van der Waals surface area contributed by atoms with Gasteiger partial charge in [-0.05, 0) is 43.2 Å². The van der Waals surface area contributed by atoms with Crippen molar-refractivity contribution in [2.45, 2.75) is 26.7 Å². The van der Waals surface area contributed by atoms with Crippen LogP contribution in [0, 0.1) is 6.92 Å². The summed E-state index contributed by atoms with van der Waals surface area (Å²) in [5, 5.41) is 3.47. The van der Waals surface area contributed by atoms with Crippen LogP contribution in [0.3, 0.4) is 0 Å². The average molecular weight is 430 g/mol. The minimum absolute atomic E-state index is 0.0872. The highest BCUT2D eigenvalue weighted by Crippen LogP contribution is 2.30. The molecule has 1 fully saturated rings. The van der Waals surface area contributed by atoms with Gasteiger partial charge in [-0.3, -0.25) is 9.59 Å². The number of hydrogen-bond donors (Lipinski definition) is 1. The number of para-hydroxylation sites is 1. The van der Waals surface area contributed by atoms with Crippen LogP contribution in [0.1, 0.15) is 25.3 Å². The standard InChI is InChI=1S/C23H28ClN3O3/c1-3-6-23(29)27-13-11-26(12-14-27)20-10-9-18(24)15-19(20)25-22(28)16-30-21-8-5-4-7-17(21)2/h4-5,7-10,15H,3,6,11-14,16H2,1-2H3,(H,25,28). The molecule has 3 rings (SSSR count). The van der Waals surface area contributed by atoms with Crippen molar-refractivity contribution in [2.75, 3.05) is 43.0 Å². The molecule has 2 amide bonds. The Kier molecular flexibility index (Phi) is 7.57. The van der Waals surface area contributed by atoms with Crippen molar-refractivity contribution >= 4 is 34.8 Å². The summed E-state index contributed by atoms with van der Waals surface area (Å²) < 4.78 is 5.65. The summed E-state index contributed by atoms with van der Waals surface area (Å²) in [6.07, 6.45) is 1.44. The molecule has 1 aliphatic heterocycles. The van der Waals surface area contributed by atoms with Gasteiger partial charge >= 0.3 is 0 Å². The van der Waals surface area contributed by atoms with E-state index in [9.17, 15) is 9.59 Å². The minimum Gasteiger partial charge on any atom is -0.483 e. The molecule has 0 spiro atoms. The molecule has 1 aliphatic rings. The number of nitrogens with one attached hydrogen (secondary N) is 1. The number of nitrogens with zero attached hydrogens (tertiary/aromatic N) is 2. The number of hydrogen-bond acceptors (Lipinski definition) is 4. The number of amides is 2. The molecular weight excluding hydrogens is 402 g/mol. The Morgan fingerprint density at radius 1 is 1.10 bits per heavy atom. The van der Waals surface area contributed by atoms with Gasteiger partial charge in [-0.1, -0.05) is 36.7 Å². The third-order valence-corrected chi connectivity index (χ3v) is 5.36. The first kappa shape index (κ1) is 22.0. The van der Waals surface area contributed by atoms with Crippen LogP contribution in [0.25, 0.3) is 0 Å². The summed E-state index contributed by atoms with van der Waals surface area (Å²) in [4.78, 5) is 28.7. The number of carbonyl (C=O) groups excluding carboxylic acids is 2. The van der Waals surface area contributed by atoms with E-state index in [0.717, 1.165) is 17.7 Å². The Bertz CT molecular complexity index is 895. The first-order valence-corrected chi connectivity index (χ1v) is 10.7. The van der Waals surface area contributed by atoms with Crippen LogP contribution in [0.4, 0.5) is 11.4 Å². The second-order valence-corrected chi connectivity index (χ2v) is 7.82. The van der Waals surface area contributed by atoms with Crippen molar-refractivity contribution in [1.82, 2.24) is 4.90 Å². The lowest BCUT2D eigenvalue weighted by Gasteiger charge is -2.37. The molecule has 0 atom stereocenters. The fraction of sp³-hybridized carbons (Fsp3) is 0.391. The second-order valence-electron chi connectivity index (χ2n) is 7.38. The summed E-state index contributed by atoms with van der Waals surface area (Å²) in [5.41, 5.74) is 2.52. The highest BCUT2D eigenvalue weighted by Gasteiger charge is 2.22. The fourth-order valence-electron chi connectivity index (χ4n) is 3.50. The Labute approximate surface area is 182 Å². The maximum absolute atomic E-state index is 12.5. The largest absolute Gasteiger partial charge is 0.483 e. The van der Waals surface area contributed by atoms with E-state index in [1.807, 2.05) is 55.1 Å². The number of piperazine rings is 1. The Morgan fingerprint density at radius 2 is 1.83 bits per heavy atom. The van der Waals surface area contributed by atoms with Gasteiger partial charge in [0.25, 0.3) is 5.91 Å². The van der Waals surface area contributed by atoms with Crippen LogP contribution in [0.2, 0.25) is 5.02 Å². The van der Waals surface area contributed by atoms with E-state index >= 15 is 0 Å². The number of aryl methyl sites for hydroxylation is 1. The van der Waals surface area contributed by atoms with Gasteiger partial charge in [0.2, 0.25) is 5.91 Å². The minimum atomic E-state index is -0.251. The van der Waals surface area contributed by atoms with E-state index < -0.39 is 0 Å². The number of halogens is 1. The third-order valence-electron chi connectivity index (χ3n) is 5.12. The predicted octanol–water partition coefficient (Wildman–Crippen LogP) is 4.11. The van der Waals surface area contributed by atoms with Gasteiger partial charge in [0.1, 0.15) is 5.75 Å². The number of rotatable bonds is 7. The van der Waals surface area contributed by atoms with Crippen LogP contribution in [0.15, 0.2) is 42.5 Å². The summed E-state index contributed by atoms with van der Waals surface area (Å²) in [6, 6.07) is 13.0. The van der Waals surface area contributed by atoms with Crippen LogP contribution in [-0.2, 0) is 9.59 Å². The van der Waals surface area contributed by atoms with Crippen LogP contribution in [-0.4, -0.2) is 49.5 Å². The Hall–Kier alpha value is -2.73. The summed E-state index contributed by atoms with van der Waals surface area (Å²) in [6.45, 7) is 6.62. The van der Waals surface area contributed by atoms with E-state index in [4.69, 9.17) is 16.3 Å².